The van der Waals surface area contributed by atoms with Gasteiger partial charge in [-0.3, -0.25) is 14.4 Å². The lowest BCUT2D eigenvalue weighted by Crippen LogP contribution is -2.49. The molecular formula is C23H24F3N3O5. The second-order valence-electron chi connectivity index (χ2n) is 7.70. The Balaban J connectivity index is 2.00. The third kappa shape index (κ3) is 4.56. The zero-order valence-corrected chi connectivity index (χ0v) is 18.6. The molecule has 2 amide bonds. The molecule has 0 aliphatic carbocycles. The van der Waals surface area contributed by atoms with Crippen LogP contribution >= 0.6 is 0 Å². The number of hydrogen-bond acceptors (Lipinski definition) is 5. The van der Waals surface area contributed by atoms with E-state index in [0.29, 0.717) is 31.8 Å². The predicted molar refractivity (Wildman–Crippen MR) is 116 cm³/mol. The molecule has 0 saturated carbocycles. The van der Waals surface area contributed by atoms with Crippen molar-refractivity contribution >= 4 is 11.8 Å². The molecule has 3 rings (SSSR count). The van der Waals surface area contributed by atoms with Gasteiger partial charge in [0.05, 0.1) is 12.1 Å². The summed E-state index contributed by atoms with van der Waals surface area (Å²) in [5.41, 5.74) is -2.55. The molecule has 0 unspecified atom stereocenters. The van der Waals surface area contributed by atoms with Crippen molar-refractivity contribution in [2.24, 2.45) is 0 Å². The first-order valence-corrected chi connectivity index (χ1v) is 10.5. The van der Waals surface area contributed by atoms with Crippen molar-refractivity contribution in [1.82, 2.24) is 14.8 Å². The molecule has 1 aliphatic rings. The van der Waals surface area contributed by atoms with Crippen molar-refractivity contribution in [3.63, 3.8) is 0 Å². The van der Waals surface area contributed by atoms with Gasteiger partial charge in [-0.25, -0.2) is 13.2 Å². The zero-order valence-electron chi connectivity index (χ0n) is 18.6. The molecule has 0 fully saturated rings. The lowest BCUT2D eigenvalue weighted by molar-refractivity contribution is 0.0584. The van der Waals surface area contributed by atoms with Crippen LogP contribution in [-0.2, 0) is 11.3 Å². The minimum absolute atomic E-state index is 0.292. The molecule has 2 N–H and O–H groups in total. The molecule has 2 atom stereocenters. The summed E-state index contributed by atoms with van der Waals surface area (Å²) >= 11 is 0. The number of hydrogen-bond donors (Lipinski definition) is 2. The van der Waals surface area contributed by atoms with Gasteiger partial charge in [-0.2, -0.15) is 0 Å². The second kappa shape index (κ2) is 10.1. The van der Waals surface area contributed by atoms with Gasteiger partial charge in [0.25, 0.3) is 11.8 Å². The number of pyridine rings is 1. The Hall–Kier alpha value is -3.60. The largest absolute Gasteiger partial charge is 0.503 e. The molecule has 182 valence electrons. The number of rotatable bonds is 8. The van der Waals surface area contributed by atoms with E-state index >= 15 is 0 Å². The Bertz CT molecular complexity index is 1170. The number of carbonyl (C=O) groups excluding carboxylic acids is 2. The molecular weight excluding hydrogens is 455 g/mol. The number of benzene rings is 1. The SMILES string of the molecule is C=C[C@@H]1[C@H](CCOCC)n2cc(C(=O)NCc3c(F)cc(F)cc3F)c(=O)c(O)c2C(=O)N1C. The van der Waals surface area contributed by atoms with Gasteiger partial charge < -0.3 is 24.6 Å². The summed E-state index contributed by atoms with van der Waals surface area (Å²) in [6.07, 6.45) is 3.03. The number of fused-ring (bicyclic) bond motifs is 1. The quantitative estimate of drug-likeness (QED) is 0.448. The van der Waals surface area contributed by atoms with Gasteiger partial charge in [-0.15, -0.1) is 6.58 Å². The van der Waals surface area contributed by atoms with Crippen molar-refractivity contribution in [2.75, 3.05) is 20.3 Å². The molecule has 34 heavy (non-hydrogen) atoms. The number of nitrogens with zero attached hydrogens (tertiary/aromatic N) is 2. The van der Waals surface area contributed by atoms with Crippen molar-refractivity contribution < 1.29 is 32.6 Å². The van der Waals surface area contributed by atoms with Crippen LogP contribution in [0.1, 0.15) is 45.8 Å². The van der Waals surface area contributed by atoms with Gasteiger partial charge in [-0.05, 0) is 13.3 Å². The highest BCUT2D eigenvalue weighted by Gasteiger charge is 2.39. The summed E-state index contributed by atoms with van der Waals surface area (Å²) in [7, 11) is 1.50. The fourth-order valence-corrected chi connectivity index (χ4v) is 3.96. The number of likely N-dealkylation sites (N-methyl/N-ethyl adjacent to an activating group) is 1. The lowest BCUT2D eigenvalue weighted by atomic mass is 9.97. The average molecular weight is 479 g/mol. The van der Waals surface area contributed by atoms with Crippen molar-refractivity contribution in [3.05, 3.63) is 75.5 Å². The fraction of sp³-hybridized carbons (Fsp3) is 0.348. The standard InChI is InChI=1S/C23H24F3N3O5/c1-4-17-18(6-7-34-5-2)29-11-14(20(30)21(31)19(29)23(33)28(17)3)22(32)27-10-13-15(25)8-12(24)9-16(13)26/h4,8-9,11,17-18,31H,1,5-7,10H2,2-3H3,(H,27,32)/t17-,18+/m1/s1. The van der Waals surface area contributed by atoms with Crippen LogP contribution in [0.15, 0.2) is 35.8 Å². The first kappa shape index (κ1) is 25.0. The highest BCUT2D eigenvalue weighted by molar-refractivity contribution is 5.99. The molecule has 0 spiro atoms. The van der Waals surface area contributed by atoms with Crippen molar-refractivity contribution in [1.29, 1.82) is 0 Å². The summed E-state index contributed by atoms with van der Waals surface area (Å²) in [5.74, 6) is -6.14. The third-order valence-electron chi connectivity index (χ3n) is 5.71. The van der Waals surface area contributed by atoms with Crippen LogP contribution in [0.5, 0.6) is 5.75 Å². The predicted octanol–water partition coefficient (Wildman–Crippen LogP) is 2.51. The number of ether oxygens (including phenoxy) is 1. The summed E-state index contributed by atoms with van der Waals surface area (Å²) in [6.45, 7) is 5.64. The molecule has 2 aromatic rings. The average Bonchev–Trinajstić information content (AvgIpc) is 2.78. The van der Waals surface area contributed by atoms with Crippen LogP contribution in [-0.4, -0.2) is 52.7 Å². The molecule has 0 bridgehead atoms. The number of aromatic hydroxyl groups is 1. The normalized spacial score (nSPS) is 17.4. The second-order valence-corrected chi connectivity index (χ2v) is 7.70. The van der Waals surface area contributed by atoms with E-state index in [2.05, 4.69) is 11.9 Å². The van der Waals surface area contributed by atoms with E-state index in [0.717, 1.165) is 6.20 Å². The molecule has 11 heteroatoms. The topological polar surface area (TPSA) is 101 Å². The monoisotopic (exact) mass is 479 g/mol. The van der Waals surface area contributed by atoms with E-state index in [1.807, 2.05) is 6.92 Å². The molecule has 1 aliphatic heterocycles. The minimum atomic E-state index is -1.21. The highest BCUT2D eigenvalue weighted by Crippen LogP contribution is 2.32. The number of amides is 2. The number of halogens is 3. The zero-order chi connectivity index (χ0) is 25.2. The number of carbonyl (C=O) groups is 2. The molecule has 0 saturated heterocycles. The maximum Gasteiger partial charge on any atom is 0.274 e. The Labute approximate surface area is 193 Å². The van der Waals surface area contributed by atoms with Gasteiger partial charge in [0.15, 0.2) is 11.4 Å². The van der Waals surface area contributed by atoms with Crippen LogP contribution in [0.2, 0.25) is 0 Å². The van der Waals surface area contributed by atoms with Gasteiger partial charge in [0.1, 0.15) is 23.0 Å². The molecule has 8 nitrogen and oxygen atoms in total. The van der Waals surface area contributed by atoms with Crippen LogP contribution in [0, 0.1) is 17.5 Å². The van der Waals surface area contributed by atoms with Gasteiger partial charge in [-0.1, -0.05) is 6.08 Å². The fourth-order valence-electron chi connectivity index (χ4n) is 3.96. The van der Waals surface area contributed by atoms with Crippen LogP contribution in [0.3, 0.4) is 0 Å². The molecule has 1 aromatic carbocycles. The Morgan fingerprint density at radius 3 is 2.50 bits per heavy atom. The molecule has 1 aromatic heterocycles. The molecule has 2 heterocycles. The van der Waals surface area contributed by atoms with E-state index in [1.54, 1.807) is 0 Å². The van der Waals surface area contributed by atoms with E-state index in [9.17, 15) is 32.7 Å². The maximum absolute atomic E-state index is 13.9. The van der Waals surface area contributed by atoms with E-state index in [4.69, 9.17) is 4.74 Å². The summed E-state index contributed by atoms with van der Waals surface area (Å²) in [5, 5.41) is 12.7. The Morgan fingerprint density at radius 2 is 1.91 bits per heavy atom. The van der Waals surface area contributed by atoms with E-state index in [1.165, 1.54) is 22.6 Å². The van der Waals surface area contributed by atoms with Gasteiger partial charge in [0.2, 0.25) is 5.43 Å². The lowest BCUT2D eigenvalue weighted by Gasteiger charge is -2.40. The smallest absolute Gasteiger partial charge is 0.274 e. The number of aromatic nitrogens is 1. The van der Waals surface area contributed by atoms with Gasteiger partial charge >= 0.3 is 0 Å². The summed E-state index contributed by atoms with van der Waals surface area (Å²) in [6, 6.07) is -0.123. The van der Waals surface area contributed by atoms with Crippen LogP contribution < -0.4 is 10.7 Å². The third-order valence-corrected chi connectivity index (χ3v) is 5.71. The van der Waals surface area contributed by atoms with E-state index in [-0.39, 0.29) is 5.69 Å². The first-order chi connectivity index (χ1) is 16.1. The first-order valence-electron chi connectivity index (χ1n) is 10.5. The van der Waals surface area contributed by atoms with Crippen LogP contribution in [0.4, 0.5) is 13.2 Å². The molecule has 0 radical (unpaired) electrons. The van der Waals surface area contributed by atoms with Crippen molar-refractivity contribution in [3.8, 4) is 5.75 Å². The maximum atomic E-state index is 13.9. The Morgan fingerprint density at radius 1 is 1.26 bits per heavy atom. The van der Waals surface area contributed by atoms with Crippen molar-refractivity contribution in [2.45, 2.75) is 32.0 Å². The van der Waals surface area contributed by atoms with Crippen LogP contribution in [0.25, 0.3) is 0 Å². The van der Waals surface area contributed by atoms with E-state index < -0.39 is 70.2 Å². The minimum Gasteiger partial charge on any atom is -0.503 e. The van der Waals surface area contributed by atoms with Gasteiger partial charge in [0, 0.05) is 50.7 Å². The highest BCUT2D eigenvalue weighted by atomic mass is 19.1. The summed E-state index contributed by atoms with van der Waals surface area (Å²) in [4.78, 5) is 39.6. The number of nitrogens with one attached hydrogen (secondary N) is 1. The Kier molecular flexibility index (Phi) is 7.45. The summed E-state index contributed by atoms with van der Waals surface area (Å²) < 4.78 is 47.6.